The van der Waals surface area contributed by atoms with Crippen LogP contribution in [0.2, 0.25) is 0 Å². The van der Waals surface area contributed by atoms with E-state index in [4.69, 9.17) is 5.73 Å². The molecule has 0 radical (unpaired) electrons. The maximum absolute atomic E-state index is 12.3. The van der Waals surface area contributed by atoms with Gasteiger partial charge in [0.25, 0.3) is 0 Å². The second-order valence-electron chi connectivity index (χ2n) is 6.53. The molecule has 0 unspecified atom stereocenters. The van der Waals surface area contributed by atoms with Gasteiger partial charge in [0.1, 0.15) is 11.3 Å². The third-order valence-electron chi connectivity index (χ3n) is 4.45. The molecule has 0 bridgehead atoms. The second kappa shape index (κ2) is 6.71. The Morgan fingerprint density at radius 1 is 1.15 bits per heavy atom. The van der Waals surface area contributed by atoms with Crippen LogP contribution >= 0.6 is 0 Å². The molecule has 4 aromatic rings. The van der Waals surface area contributed by atoms with E-state index in [1.54, 1.807) is 11.5 Å². The number of aromatic nitrogens is 6. The minimum absolute atomic E-state index is 0.251. The molecular weight excluding hydrogens is 342 g/mol. The summed E-state index contributed by atoms with van der Waals surface area (Å²) in [5.41, 5.74) is 9.62. The first-order valence-corrected chi connectivity index (χ1v) is 8.90. The molecule has 1 aromatic carbocycles. The van der Waals surface area contributed by atoms with E-state index in [2.05, 4.69) is 27.0 Å². The highest BCUT2D eigenvalue weighted by Crippen LogP contribution is 2.19. The highest BCUT2D eigenvalue weighted by Gasteiger charge is 2.13. The lowest BCUT2D eigenvalue weighted by Gasteiger charge is -2.05. The van der Waals surface area contributed by atoms with Crippen LogP contribution in [-0.4, -0.2) is 29.3 Å². The van der Waals surface area contributed by atoms with Gasteiger partial charge in [-0.05, 0) is 25.0 Å². The SMILES string of the molecule is CCCn1ccc(-c2ccc(Cn3c(=O)[nH]c4c(N)nc(C)nc43)cc2)n1. The van der Waals surface area contributed by atoms with E-state index in [1.807, 2.05) is 41.2 Å². The normalized spacial score (nSPS) is 11.3. The predicted molar refractivity (Wildman–Crippen MR) is 104 cm³/mol. The summed E-state index contributed by atoms with van der Waals surface area (Å²) in [4.78, 5) is 23.5. The van der Waals surface area contributed by atoms with Crippen molar-refractivity contribution in [1.82, 2.24) is 29.3 Å². The Bertz CT molecular complexity index is 1150. The van der Waals surface area contributed by atoms with Crippen molar-refractivity contribution >= 4 is 17.0 Å². The number of imidazole rings is 1. The number of nitrogens with one attached hydrogen (secondary N) is 1. The smallest absolute Gasteiger partial charge is 0.328 e. The Hall–Kier alpha value is -3.42. The quantitative estimate of drug-likeness (QED) is 0.566. The van der Waals surface area contributed by atoms with Gasteiger partial charge in [0, 0.05) is 18.3 Å². The lowest BCUT2D eigenvalue weighted by Crippen LogP contribution is -2.17. The van der Waals surface area contributed by atoms with Gasteiger partial charge in [-0.3, -0.25) is 9.25 Å². The molecule has 0 spiro atoms. The van der Waals surface area contributed by atoms with Crippen molar-refractivity contribution in [3.63, 3.8) is 0 Å². The van der Waals surface area contributed by atoms with Crippen LogP contribution < -0.4 is 11.4 Å². The van der Waals surface area contributed by atoms with Crippen molar-refractivity contribution in [2.24, 2.45) is 0 Å². The largest absolute Gasteiger partial charge is 0.382 e. The maximum Gasteiger partial charge on any atom is 0.328 e. The number of nitrogens with zero attached hydrogens (tertiary/aromatic N) is 5. The number of nitrogen functional groups attached to an aromatic ring is 1. The molecule has 0 aliphatic rings. The summed E-state index contributed by atoms with van der Waals surface area (Å²) >= 11 is 0. The molecule has 0 saturated carbocycles. The third-order valence-corrected chi connectivity index (χ3v) is 4.45. The molecule has 3 heterocycles. The zero-order chi connectivity index (χ0) is 19.0. The van der Waals surface area contributed by atoms with E-state index < -0.39 is 0 Å². The summed E-state index contributed by atoms with van der Waals surface area (Å²) in [6.07, 6.45) is 3.04. The van der Waals surface area contributed by atoms with E-state index in [9.17, 15) is 4.79 Å². The Balaban J connectivity index is 1.63. The first kappa shape index (κ1) is 17.0. The van der Waals surface area contributed by atoms with E-state index in [1.165, 1.54) is 0 Å². The van der Waals surface area contributed by atoms with Crippen LogP contribution in [0.4, 0.5) is 5.82 Å². The zero-order valence-corrected chi connectivity index (χ0v) is 15.3. The first-order chi connectivity index (χ1) is 13.0. The average molecular weight is 363 g/mol. The fourth-order valence-corrected chi connectivity index (χ4v) is 3.14. The van der Waals surface area contributed by atoms with Gasteiger partial charge in [-0.15, -0.1) is 0 Å². The van der Waals surface area contributed by atoms with Gasteiger partial charge in [-0.1, -0.05) is 31.2 Å². The molecule has 0 atom stereocenters. The molecule has 27 heavy (non-hydrogen) atoms. The molecule has 8 heteroatoms. The number of H-pyrrole nitrogens is 1. The Kier molecular flexibility index (Phi) is 4.23. The van der Waals surface area contributed by atoms with Crippen molar-refractivity contribution in [2.45, 2.75) is 33.4 Å². The maximum atomic E-state index is 12.3. The molecule has 3 N–H and O–H groups in total. The summed E-state index contributed by atoms with van der Waals surface area (Å²) < 4.78 is 3.52. The van der Waals surface area contributed by atoms with Crippen LogP contribution in [-0.2, 0) is 13.1 Å². The Morgan fingerprint density at radius 3 is 2.67 bits per heavy atom. The molecule has 4 rings (SSSR count). The highest BCUT2D eigenvalue weighted by molar-refractivity contribution is 5.81. The summed E-state index contributed by atoms with van der Waals surface area (Å²) in [6.45, 7) is 5.19. The standard InChI is InChI=1S/C19H21N7O/c1-3-9-25-10-8-15(24-25)14-6-4-13(5-7-14)11-26-18-16(23-19(26)27)17(20)21-12(2)22-18/h4-8,10H,3,9,11H2,1-2H3,(H,23,27)(H2,20,21,22). The number of aromatic amines is 1. The summed E-state index contributed by atoms with van der Waals surface area (Å²) in [5, 5.41) is 4.58. The van der Waals surface area contributed by atoms with Gasteiger partial charge in [0.05, 0.1) is 12.2 Å². The number of aryl methyl sites for hydroxylation is 2. The minimum Gasteiger partial charge on any atom is -0.382 e. The molecule has 0 saturated heterocycles. The Labute approximate surface area is 155 Å². The third kappa shape index (κ3) is 3.21. The topological polar surface area (TPSA) is 107 Å². The van der Waals surface area contributed by atoms with Gasteiger partial charge >= 0.3 is 5.69 Å². The van der Waals surface area contributed by atoms with Crippen molar-refractivity contribution in [1.29, 1.82) is 0 Å². The van der Waals surface area contributed by atoms with E-state index >= 15 is 0 Å². The molecule has 138 valence electrons. The second-order valence-corrected chi connectivity index (χ2v) is 6.53. The van der Waals surface area contributed by atoms with Gasteiger partial charge in [-0.25, -0.2) is 14.8 Å². The van der Waals surface area contributed by atoms with E-state index in [0.717, 1.165) is 29.8 Å². The van der Waals surface area contributed by atoms with Crippen LogP contribution in [0.15, 0.2) is 41.3 Å². The minimum atomic E-state index is -0.251. The fraction of sp³-hybridized carbons (Fsp3) is 0.263. The number of hydrogen-bond donors (Lipinski definition) is 2. The Morgan fingerprint density at radius 2 is 1.93 bits per heavy atom. The zero-order valence-electron chi connectivity index (χ0n) is 15.3. The molecule has 0 amide bonds. The first-order valence-electron chi connectivity index (χ1n) is 8.90. The number of anilines is 1. The lowest BCUT2D eigenvalue weighted by atomic mass is 10.1. The molecule has 0 aliphatic heterocycles. The van der Waals surface area contributed by atoms with Crippen molar-refractivity contribution < 1.29 is 0 Å². The highest BCUT2D eigenvalue weighted by atomic mass is 16.1. The van der Waals surface area contributed by atoms with Gasteiger partial charge in [0.2, 0.25) is 0 Å². The summed E-state index contributed by atoms with van der Waals surface area (Å²) in [7, 11) is 0. The predicted octanol–water partition coefficient (Wildman–Crippen LogP) is 2.33. The van der Waals surface area contributed by atoms with Crippen molar-refractivity contribution in [2.75, 3.05) is 5.73 Å². The van der Waals surface area contributed by atoms with Crippen molar-refractivity contribution in [3.05, 3.63) is 58.4 Å². The van der Waals surface area contributed by atoms with Crippen molar-refractivity contribution in [3.8, 4) is 11.3 Å². The monoisotopic (exact) mass is 363 g/mol. The number of hydrogen-bond acceptors (Lipinski definition) is 5. The van der Waals surface area contributed by atoms with Gasteiger partial charge < -0.3 is 10.7 Å². The van der Waals surface area contributed by atoms with Gasteiger partial charge in [0.15, 0.2) is 11.5 Å². The molecule has 3 aromatic heterocycles. The molecule has 0 fully saturated rings. The number of rotatable bonds is 5. The van der Waals surface area contributed by atoms with Gasteiger partial charge in [-0.2, -0.15) is 5.10 Å². The van der Waals surface area contributed by atoms with E-state index in [0.29, 0.717) is 23.5 Å². The molecule has 8 nitrogen and oxygen atoms in total. The van der Waals surface area contributed by atoms with E-state index in [-0.39, 0.29) is 11.5 Å². The average Bonchev–Trinajstić information content (AvgIpc) is 3.22. The fourth-order valence-electron chi connectivity index (χ4n) is 3.14. The molecule has 0 aliphatic carbocycles. The lowest BCUT2D eigenvalue weighted by molar-refractivity contribution is 0.604. The summed E-state index contributed by atoms with van der Waals surface area (Å²) in [6, 6.07) is 10.0. The number of fused-ring (bicyclic) bond motifs is 1. The van der Waals surface area contributed by atoms with Crippen LogP contribution in [0, 0.1) is 6.92 Å². The number of benzene rings is 1. The number of nitrogens with two attached hydrogens (primary N) is 1. The van der Waals surface area contributed by atoms with Crippen LogP contribution in [0.3, 0.4) is 0 Å². The summed E-state index contributed by atoms with van der Waals surface area (Å²) in [5.74, 6) is 0.817. The van der Waals surface area contributed by atoms with Crippen LogP contribution in [0.1, 0.15) is 24.7 Å². The molecular formula is C19H21N7O. The van der Waals surface area contributed by atoms with Crippen LogP contribution in [0.5, 0.6) is 0 Å². The van der Waals surface area contributed by atoms with Crippen LogP contribution in [0.25, 0.3) is 22.4 Å².